The van der Waals surface area contributed by atoms with E-state index in [0.29, 0.717) is 11.9 Å². The monoisotopic (exact) mass is 364 g/mol. The first-order valence-corrected chi connectivity index (χ1v) is 8.96. The van der Waals surface area contributed by atoms with Crippen molar-refractivity contribution >= 4 is 27.7 Å². The molecule has 0 amide bonds. The van der Waals surface area contributed by atoms with Crippen LogP contribution in [0.15, 0.2) is 45.9 Å². The summed E-state index contributed by atoms with van der Waals surface area (Å²) in [7, 11) is 0. The maximum absolute atomic E-state index is 6.05. The van der Waals surface area contributed by atoms with Crippen molar-refractivity contribution in [3.05, 3.63) is 46.6 Å². The number of para-hydroxylation sites is 1. The molecule has 21 heavy (non-hydrogen) atoms. The summed E-state index contributed by atoms with van der Waals surface area (Å²) in [6.45, 7) is 0.786. The first kappa shape index (κ1) is 14.9. The summed E-state index contributed by atoms with van der Waals surface area (Å²) in [4.78, 5) is 5.54. The van der Waals surface area contributed by atoms with E-state index in [-0.39, 0.29) is 0 Å². The molecule has 0 saturated heterocycles. The molecule has 1 saturated carbocycles. The number of nitrogens with one attached hydrogen (secondary N) is 1. The lowest BCUT2D eigenvalue weighted by atomic mass is 10.2. The van der Waals surface area contributed by atoms with Crippen LogP contribution in [-0.4, -0.2) is 17.3 Å². The average Bonchev–Trinajstić information content (AvgIpc) is 3.32. The smallest absolute Gasteiger partial charge is 0.223 e. The Morgan fingerprint density at radius 1 is 1.38 bits per heavy atom. The van der Waals surface area contributed by atoms with Crippen LogP contribution in [0.4, 0.5) is 0 Å². The minimum absolute atomic E-state index is 0.662. The predicted molar refractivity (Wildman–Crippen MR) is 90.1 cm³/mol. The highest BCUT2D eigenvalue weighted by molar-refractivity contribution is 9.10. The number of aromatic nitrogens is 1. The van der Waals surface area contributed by atoms with Gasteiger partial charge in [0.05, 0.1) is 0 Å². The number of nitrogens with zero attached hydrogens (tertiary/aromatic N) is 1. The van der Waals surface area contributed by atoms with Gasteiger partial charge in [-0.15, -0.1) is 11.8 Å². The molecule has 1 aliphatic rings. The van der Waals surface area contributed by atoms with Crippen molar-refractivity contribution in [2.24, 2.45) is 0 Å². The number of pyridine rings is 1. The van der Waals surface area contributed by atoms with Gasteiger partial charge in [-0.3, -0.25) is 0 Å². The van der Waals surface area contributed by atoms with Crippen LogP contribution in [0.2, 0.25) is 0 Å². The second kappa shape index (κ2) is 6.81. The molecule has 0 radical (unpaired) electrons. The normalized spacial score (nSPS) is 14.2. The van der Waals surface area contributed by atoms with E-state index in [1.165, 1.54) is 12.8 Å². The first-order valence-electron chi connectivity index (χ1n) is 6.95. The molecule has 3 rings (SSSR count). The topological polar surface area (TPSA) is 34.1 Å². The number of ether oxygens (including phenoxy) is 1. The highest BCUT2D eigenvalue weighted by Gasteiger charge is 2.21. The lowest BCUT2D eigenvalue weighted by Gasteiger charge is -2.13. The van der Waals surface area contributed by atoms with Gasteiger partial charge in [0.25, 0.3) is 0 Å². The van der Waals surface area contributed by atoms with Crippen LogP contribution in [0.3, 0.4) is 0 Å². The molecule has 0 unspecified atom stereocenters. The molecule has 110 valence electrons. The third kappa shape index (κ3) is 3.99. The van der Waals surface area contributed by atoms with Gasteiger partial charge in [-0.05, 0) is 53.2 Å². The summed E-state index contributed by atoms with van der Waals surface area (Å²) >= 11 is 5.16. The van der Waals surface area contributed by atoms with Crippen molar-refractivity contribution in [2.75, 3.05) is 6.26 Å². The van der Waals surface area contributed by atoms with Gasteiger partial charge in [0.1, 0.15) is 5.75 Å². The van der Waals surface area contributed by atoms with Crippen molar-refractivity contribution in [1.29, 1.82) is 0 Å². The van der Waals surface area contributed by atoms with Crippen molar-refractivity contribution in [2.45, 2.75) is 30.3 Å². The Morgan fingerprint density at radius 3 is 2.95 bits per heavy atom. The van der Waals surface area contributed by atoms with E-state index >= 15 is 0 Å². The number of thioether (sulfide) groups is 1. The highest BCUT2D eigenvalue weighted by atomic mass is 79.9. The first-order chi connectivity index (χ1) is 10.3. The second-order valence-electron chi connectivity index (χ2n) is 5.03. The van der Waals surface area contributed by atoms with Gasteiger partial charge >= 0.3 is 0 Å². The molecule has 0 bridgehead atoms. The van der Waals surface area contributed by atoms with Crippen molar-refractivity contribution in [3.63, 3.8) is 0 Å². The van der Waals surface area contributed by atoms with Gasteiger partial charge < -0.3 is 10.1 Å². The van der Waals surface area contributed by atoms with Crippen LogP contribution in [-0.2, 0) is 6.54 Å². The minimum Gasteiger partial charge on any atom is -0.438 e. The molecule has 5 heteroatoms. The lowest BCUT2D eigenvalue weighted by Crippen LogP contribution is -2.16. The Labute approximate surface area is 137 Å². The molecule has 1 N–H and O–H groups in total. The van der Waals surface area contributed by atoms with E-state index in [2.05, 4.69) is 38.4 Å². The second-order valence-corrected chi connectivity index (χ2v) is 6.79. The average molecular weight is 365 g/mol. The quantitative estimate of drug-likeness (QED) is 0.758. The minimum atomic E-state index is 0.662. The van der Waals surface area contributed by atoms with Crippen LogP contribution in [0, 0.1) is 0 Å². The molecule has 0 atom stereocenters. The zero-order chi connectivity index (χ0) is 14.7. The SMILES string of the molecule is CSc1ccccc1Oc1ncc(Br)cc1CNC1CC1. The van der Waals surface area contributed by atoms with Gasteiger partial charge in [-0.2, -0.15) is 0 Å². The number of hydrogen-bond acceptors (Lipinski definition) is 4. The highest BCUT2D eigenvalue weighted by Crippen LogP contribution is 2.32. The molecular weight excluding hydrogens is 348 g/mol. The summed E-state index contributed by atoms with van der Waals surface area (Å²) in [5.74, 6) is 1.53. The van der Waals surface area contributed by atoms with E-state index in [0.717, 1.165) is 27.2 Å². The number of halogens is 1. The molecule has 0 spiro atoms. The maximum Gasteiger partial charge on any atom is 0.223 e. The fourth-order valence-corrected chi connectivity index (χ4v) is 2.94. The van der Waals surface area contributed by atoms with Gasteiger partial charge in [-0.1, -0.05) is 12.1 Å². The van der Waals surface area contributed by atoms with Crippen LogP contribution >= 0.6 is 27.7 Å². The zero-order valence-electron chi connectivity index (χ0n) is 11.8. The molecule has 1 aliphatic carbocycles. The summed E-state index contributed by atoms with van der Waals surface area (Å²) in [6, 6.07) is 10.8. The number of rotatable bonds is 6. The van der Waals surface area contributed by atoms with Gasteiger partial charge in [0, 0.05) is 33.7 Å². The van der Waals surface area contributed by atoms with Crippen LogP contribution in [0.1, 0.15) is 18.4 Å². The zero-order valence-corrected chi connectivity index (χ0v) is 14.2. The Bertz CT molecular complexity index is 631. The third-order valence-electron chi connectivity index (χ3n) is 3.33. The van der Waals surface area contributed by atoms with Gasteiger partial charge in [0.2, 0.25) is 5.88 Å². The van der Waals surface area contributed by atoms with Crippen molar-refractivity contribution in [3.8, 4) is 11.6 Å². The lowest BCUT2D eigenvalue weighted by molar-refractivity contribution is 0.442. The standard InChI is InChI=1S/C16H17BrN2OS/c1-21-15-5-3-2-4-14(15)20-16-11(8-12(17)10-19-16)9-18-13-6-7-13/h2-5,8,10,13,18H,6-7,9H2,1H3. The molecule has 1 heterocycles. The Kier molecular flexibility index (Phi) is 4.83. The van der Waals surface area contributed by atoms with E-state index in [1.54, 1.807) is 18.0 Å². The molecule has 0 aliphatic heterocycles. The van der Waals surface area contributed by atoms with Crippen LogP contribution in [0.5, 0.6) is 11.6 Å². The molecule has 1 fully saturated rings. The van der Waals surface area contributed by atoms with E-state index in [1.807, 2.05) is 24.5 Å². The Morgan fingerprint density at radius 2 is 2.19 bits per heavy atom. The fourth-order valence-electron chi connectivity index (χ4n) is 2.04. The molecular formula is C16H17BrN2OS. The summed E-state index contributed by atoms with van der Waals surface area (Å²) in [5.41, 5.74) is 1.08. The summed E-state index contributed by atoms with van der Waals surface area (Å²) in [6.07, 6.45) is 6.37. The van der Waals surface area contributed by atoms with E-state index in [4.69, 9.17) is 4.74 Å². The molecule has 1 aromatic carbocycles. The van der Waals surface area contributed by atoms with Crippen molar-refractivity contribution < 1.29 is 4.74 Å². The number of benzene rings is 1. The Hall–Kier alpha value is -1.04. The summed E-state index contributed by atoms with van der Waals surface area (Å²) < 4.78 is 7.02. The molecule has 1 aromatic heterocycles. The largest absolute Gasteiger partial charge is 0.438 e. The van der Waals surface area contributed by atoms with E-state index < -0.39 is 0 Å². The van der Waals surface area contributed by atoms with Crippen molar-refractivity contribution in [1.82, 2.24) is 10.3 Å². The van der Waals surface area contributed by atoms with Gasteiger partial charge in [-0.25, -0.2) is 4.98 Å². The third-order valence-corrected chi connectivity index (χ3v) is 4.54. The van der Waals surface area contributed by atoms with E-state index in [9.17, 15) is 0 Å². The van der Waals surface area contributed by atoms with Gasteiger partial charge in [0.15, 0.2) is 0 Å². The predicted octanol–water partition coefficient (Wildman–Crippen LogP) is 4.61. The molecule has 2 aromatic rings. The van der Waals surface area contributed by atoms with Crippen LogP contribution < -0.4 is 10.1 Å². The Balaban J connectivity index is 1.82. The number of hydrogen-bond donors (Lipinski definition) is 1. The summed E-state index contributed by atoms with van der Waals surface area (Å²) in [5, 5.41) is 3.51. The maximum atomic E-state index is 6.05. The molecule has 3 nitrogen and oxygen atoms in total. The fraction of sp³-hybridized carbons (Fsp3) is 0.312. The van der Waals surface area contributed by atoms with Crippen LogP contribution in [0.25, 0.3) is 0 Å².